The molecule has 30 heavy (non-hydrogen) atoms. The number of carbonyl (C=O) groups is 2. The van der Waals surface area contributed by atoms with Gasteiger partial charge in [-0.1, -0.05) is 12.1 Å². The summed E-state index contributed by atoms with van der Waals surface area (Å²) in [6, 6.07) is 9.51. The average molecular weight is 415 g/mol. The molecule has 0 radical (unpaired) electrons. The summed E-state index contributed by atoms with van der Waals surface area (Å²) in [5.74, 6) is -0.216. The van der Waals surface area contributed by atoms with E-state index in [0.717, 1.165) is 5.56 Å². The van der Waals surface area contributed by atoms with Crippen LogP contribution in [-0.4, -0.2) is 43.8 Å². The SMILES string of the molecule is CCOc1cc(C(=O)NCc2cccc(N3CCOC3=O)c2)c([N+](=O)[O-])cc1OC. The van der Waals surface area contributed by atoms with Crippen LogP contribution in [0.15, 0.2) is 36.4 Å². The topological polar surface area (TPSA) is 120 Å². The minimum absolute atomic E-state index is 0.114. The number of methoxy groups -OCH3 is 1. The summed E-state index contributed by atoms with van der Waals surface area (Å²) >= 11 is 0. The quantitative estimate of drug-likeness (QED) is 0.520. The van der Waals surface area contributed by atoms with Crippen molar-refractivity contribution in [1.29, 1.82) is 0 Å². The number of nitrogens with zero attached hydrogens (tertiary/aromatic N) is 2. The van der Waals surface area contributed by atoms with Gasteiger partial charge >= 0.3 is 6.09 Å². The van der Waals surface area contributed by atoms with Crippen LogP contribution in [0.1, 0.15) is 22.8 Å². The van der Waals surface area contributed by atoms with Crippen LogP contribution in [0.5, 0.6) is 11.5 Å². The fourth-order valence-electron chi connectivity index (χ4n) is 3.05. The van der Waals surface area contributed by atoms with Crippen molar-refractivity contribution in [3.05, 3.63) is 57.6 Å². The van der Waals surface area contributed by atoms with E-state index in [-0.39, 0.29) is 29.3 Å². The number of amides is 2. The van der Waals surface area contributed by atoms with E-state index in [4.69, 9.17) is 14.2 Å². The Hall–Kier alpha value is -3.82. The maximum Gasteiger partial charge on any atom is 0.414 e. The maximum absolute atomic E-state index is 12.7. The van der Waals surface area contributed by atoms with Crippen molar-refractivity contribution < 1.29 is 28.7 Å². The van der Waals surface area contributed by atoms with Gasteiger partial charge in [0.25, 0.3) is 11.6 Å². The van der Waals surface area contributed by atoms with Crippen molar-refractivity contribution in [1.82, 2.24) is 5.32 Å². The van der Waals surface area contributed by atoms with E-state index in [2.05, 4.69) is 5.32 Å². The molecule has 1 fully saturated rings. The molecule has 10 nitrogen and oxygen atoms in total. The normalized spacial score (nSPS) is 13.0. The van der Waals surface area contributed by atoms with Crippen LogP contribution in [0.25, 0.3) is 0 Å². The van der Waals surface area contributed by atoms with Crippen molar-refractivity contribution in [3.63, 3.8) is 0 Å². The maximum atomic E-state index is 12.7. The lowest BCUT2D eigenvalue weighted by Crippen LogP contribution is -2.25. The van der Waals surface area contributed by atoms with Gasteiger partial charge in [0.05, 0.1) is 31.3 Å². The van der Waals surface area contributed by atoms with Crippen LogP contribution in [0.4, 0.5) is 16.2 Å². The van der Waals surface area contributed by atoms with Gasteiger partial charge in [0.15, 0.2) is 11.5 Å². The summed E-state index contributed by atoms with van der Waals surface area (Å²) in [5, 5.41) is 14.1. The molecule has 2 amide bonds. The second-order valence-corrected chi connectivity index (χ2v) is 6.33. The smallest absolute Gasteiger partial charge is 0.414 e. The number of hydrogen-bond acceptors (Lipinski definition) is 7. The van der Waals surface area contributed by atoms with Gasteiger partial charge in [-0.2, -0.15) is 0 Å². The number of benzene rings is 2. The van der Waals surface area contributed by atoms with Gasteiger partial charge in [-0.3, -0.25) is 19.8 Å². The van der Waals surface area contributed by atoms with Crippen LogP contribution in [0.2, 0.25) is 0 Å². The Morgan fingerprint density at radius 1 is 1.30 bits per heavy atom. The van der Waals surface area contributed by atoms with Gasteiger partial charge < -0.3 is 19.5 Å². The first-order valence-corrected chi connectivity index (χ1v) is 9.25. The molecule has 1 aliphatic heterocycles. The summed E-state index contributed by atoms with van der Waals surface area (Å²) in [6.07, 6.45) is -0.423. The second kappa shape index (κ2) is 9.12. The Bertz CT molecular complexity index is 977. The van der Waals surface area contributed by atoms with Crippen LogP contribution in [-0.2, 0) is 11.3 Å². The van der Waals surface area contributed by atoms with Crippen molar-refractivity contribution in [2.75, 3.05) is 31.8 Å². The lowest BCUT2D eigenvalue weighted by molar-refractivity contribution is -0.385. The molecule has 2 aromatic carbocycles. The van der Waals surface area contributed by atoms with Crippen LogP contribution in [0.3, 0.4) is 0 Å². The summed E-state index contributed by atoms with van der Waals surface area (Å²) in [7, 11) is 1.37. The third kappa shape index (κ3) is 4.43. The third-order valence-corrected chi connectivity index (χ3v) is 4.46. The van der Waals surface area contributed by atoms with E-state index in [0.29, 0.717) is 25.4 Å². The van der Waals surface area contributed by atoms with E-state index < -0.39 is 16.9 Å². The molecule has 2 aromatic rings. The van der Waals surface area contributed by atoms with Gasteiger partial charge in [-0.15, -0.1) is 0 Å². The first-order valence-electron chi connectivity index (χ1n) is 9.25. The first-order chi connectivity index (χ1) is 14.4. The molecule has 0 unspecified atom stereocenters. The van der Waals surface area contributed by atoms with Gasteiger partial charge in [-0.25, -0.2) is 4.79 Å². The zero-order valence-electron chi connectivity index (χ0n) is 16.5. The summed E-state index contributed by atoms with van der Waals surface area (Å²) < 4.78 is 15.5. The fraction of sp³-hybridized carbons (Fsp3) is 0.300. The van der Waals surface area contributed by atoms with Gasteiger partial charge in [0.1, 0.15) is 12.2 Å². The van der Waals surface area contributed by atoms with Gasteiger partial charge in [0, 0.05) is 18.3 Å². The molecule has 0 aromatic heterocycles. The van der Waals surface area contributed by atoms with E-state index in [1.165, 1.54) is 24.1 Å². The summed E-state index contributed by atoms with van der Waals surface area (Å²) in [5.41, 5.74) is 0.852. The first kappa shape index (κ1) is 20.9. The van der Waals surface area contributed by atoms with E-state index in [9.17, 15) is 19.7 Å². The predicted octanol–water partition coefficient (Wildman–Crippen LogP) is 2.89. The Morgan fingerprint density at radius 3 is 2.73 bits per heavy atom. The Kier molecular flexibility index (Phi) is 6.35. The lowest BCUT2D eigenvalue weighted by Gasteiger charge is -2.14. The highest BCUT2D eigenvalue weighted by Gasteiger charge is 2.25. The molecule has 0 spiro atoms. The number of hydrogen-bond donors (Lipinski definition) is 1. The minimum Gasteiger partial charge on any atom is -0.493 e. The molecule has 158 valence electrons. The highest BCUT2D eigenvalue weighted by molar-refractivity contribution is 5.99. The Labute approximate surface area is 172 Å². The second-order valence-electron chi connectivity index (χ2n) is 6.33. The Morgan fingerprint density at radius 2 is 2.10 bits per heavy atom. The monoisotopic (exact) mass is 415 g/mol. The molecular formula is C20H21N3O7. The van der Waals surface area contributed by atoms with Crippen LogP contribution >= 0.6 is 0 Å². The number of cyclic esters (lactones) is 1. The standard InChI is InChI=1S/C20H21N3O7/c1-3-29-18-10-15(16(23(26)27)11-17(18)28-2)19(24)21-12-13-5-4-6-14(9-13)22-7-8-30-20(22)25/h4-6,9-11H,3,7-8,12H2,1-2H3,(H,21,24). The number of nitrogens with one attached hydrogen (secondary N) is 1. The van der Waals surface area contributed by atoms with Crippen molar-refractivity contribution >= 4 is 23.4 Å². The highest BCUT2D eigenvalue weighted by atomic mass is 16.6. The molecule has 1 heterocycles. The summed E-state index contributed by atoms with van der Waals surface area (Å²) in [6.45, 7) is 2.95. The molecule has 1 N–H and O–H groups in total. The van der Waals surface area contributed by atoms with Crippen molar-refractivity contribution in [3.8, 4) is 11.5 Å². The number of nitro groups is 1. The molecule has 0 atom stereocenters. The number of rotatable bonds is 8. The minimum atomic E-state index is -0.646. The lowest BCUT2D eigenvalue weighted by atomic mass is 10.1. The molecule has 3 rings (SSSR count). The zero-order chi connectivity index (χ0) is 21.7. The highest BCUT2D eigenvalue weighted by Crippen LogP contribution is 2.34. The largest absolute Gasteiger partial charge is 0.493 e. The molecular weight excluding hydrogens is 394 g/mol. The van der Waals surface area contributed by atoms with Crippen LogP contribution in [0, 0.1) is 10.1 Å². The number of anilines is 1. The number of ether oxygens (including phenoxy) is 3. The predicted molar refractivity (Wildman–Crippen MR) is 107 cm³/mol. The average Bonchev–Trinajstić information content (AvgIpc) is 3.18. The van der Waals surface area contributed by atoms with E-state index in [1.807, 2.05) is 0 Å². The Balaban J connectivity index is 1.80. The van der Waals surface area contributed by atoms with Gasteiger partial charge in [-0.05, 0) is 24.6 Å². The van der Waals surface area contributed by atoms with E-state index in [1.54, 1.807) is 31.2 Å². The number of carbonyl (C=O) groups excluding carboxylic acids is 2. The molecule has 1 aliphatic rings. The molecule has 0 saturated carbocycles. The summed E-state index contributed by atoms with van der Waals surface area (Å²) in [4.78, 5) is 36.7. The molecule has 10 heteroatoms. The van der Waals surface area contributed by atoms with E-state index >= 15 is 0 Å². The van der Waals surface area contributed by atoms with Crippen LogP contribution < -0.4 is 19.7 Å². The van der Waals surface area contributed by atoms with Crippen molar-refractivity contribution in [2.45, 2.75) is 13.5 Å². The number of nitro benzene ring substituents is 1. The fourth-order valence-corrected chi connectivity index (χ4v) is 3.05. The molecule has 1 saturated heterocycles. The zero-order valence-corrected chi connectivity index (χ0v) is 16.5. The van der Waals surface area contributed by atoms with Crippen molar-refractivity contribution in [2.24, 2.45) is 0 Å². The molecule has 0 aliphatic carbocycles. The third-order valence-electron chi connectivity index (χ3n) is 4.46. The molecule has 0 bridgehead atoms. The van der Waals surface area contributed by atoms with Gasteiger partial charge in [0.2, 0.25) is 0 Å².